The molecule has 0 aliphatic rings. The van der Waals surface area contributed by atoms with E-state index in [-0.39, 0.29) is 23.5 Å². The number of methoxy groups -OCH3 is 1. The average molecular weight is 507 g/mol. The summed E-state index contributed by atoms with van der Waals surface area (Å²) in [4.78, 5) is 29.5. The summed E-state index contributed by atoms with van der Waals surface area (Å²) in [7, 11) is 1.37. The van der Waals surface area contributed by atoms with Crippen molar-refractivity contribution in [2.24, 2.45) is 5.92 Å². The molecule has 8 heteroatoms. The maximum absolute atomic E-state index is 13.0. The van der Waals surface area contributed by atoms with E-state index in [1.165, 1.54) is 26.3 Å². The normalized spacial score (nSPS) is 14.1. The molecular formula is C29H34N2O6. The number of carbonyl (C=O) groups excluding carboxylic acids is 2. The Morgan fingerprint density at radius 3 is 2.27 bits per heavy atom. The van der Waals surface area contributed by atoms with Crippen LogP contribution >= 0.6 is 0 Å². The summed E-state index contributed by atoms with van der Waals surface area (Å²) < 4.78 is 17.2. The fourth-order valence-electron chi connectivity index (χ4n) is 4.10. The number of para-hydroxylation sites is 1. The lowest BCUT2D eigenvalue weighted by Gasteiger charge is -2.32. The van der Waals surface area contributed by atoms with E-state index in [0.29, 0.717) is 12.8 Å². The number of amides is 1. The van der Waals surface area contributed by atoms with Crippen molar-refractivity contribution in [1.82, 2.24) is 10.3 Å². The quantitative estimate of drug-likeness (QED) is 0.347. The van der Waals surface area contributed by atoms with Crippen LogP contribution in [0, 0.1) is 5.92 Å². The fourth-order valence-corrected chi connectivity index (χ4v) is 4.10. The lowest BCUT2D eigenvalue weighted by atomic mass is 9.88. The van der Waals surface area contributed by atoms with Crippen LogP contribution in [0.25, 0.3) is 0 Å². The number of carbonyl (C=O) groups is 2. The second-order valence-corrected chi connectivity index (χ2v) is 8.78. The van der Waals surface area contributed by atoms with E-state index in [1.54, 1.807) is 0 Å². The molecular weight excluding hydrogens is 472 g/mol. The van der Waals surface area contributed by atoms with Gasteiger partial charge in [-0.2, -0.15) is 0 Å². The Hall–Kier alpha value is -4.07. The SMILES string of the molecule is CC[C@@H](Oc1ccccc1)[C@@H](Cc1ccccc1)[C@H](C)OC(=O)[C@H](C)NC(=O)c1nccc(OC)c1O. The molecule has 1 amide bonds. The number of pyridine rings is 1. The minimum atomic E-state index is -0.977. The van der Waals surface area contributed by atoms with Gasteiger partial charge in [0.15, 0.2) is 17.2 Å². The number of nitrogens with zero attached hydrogens (tertiary/aromatic N) is 1. The molecule has 0 aliphatic carbocycles. The molecule has 0 saturated heterocycles. The van der Waals surface area contributed by atoms with Gasteiger partial charge < -0.3 is 24.6 Å². The molecule has 8 nitrogen and oxygen atoms in total. The number of nitrogens with one attached hydrogen (secondary N) is 1. The number of benzene rings is 2. The number of esters is 1. The summed E-state index contributed by atoms with van der Waals surface area (Å²) in [5, 5.41) is 12.7. The highest BCUT2D eigenvalue weighted by Gasteiger charge is 2.32. The van der Waals surface area contributed by atoms with Crippen molar-refractivity contribution < 1.29 is 28.9 Å². The van der Waals surface area contributed by atoms with Crippen LogP contribution in [-0.2, 0) is 16.0 Å². The number of hydrogen-bond acceptors (Lipinski definition) is 7. The first-order chi connectivity index (χ1) is 17.8. The summed E-state index contributed by atoms with van der Waals surface area (Å²) in [5.41, 5.74) is 0.864. The average Bonchev–Trinajstić information content (AvgIpc) is 2.91. The third kappa shape index (κ3) is 7.46. The third-order valence-corrected chi connectivity index (χ3v) is 6.15. The van der Waals surface area contributed by atoms with Crippen molar-refractivity contribution in [3.8, 4) is 17.2 Å². The minimum absolute atomic E-state index is 0.108. The smallest absolute Gasteiger partial charge is 0.328 e. The topological polar surface area (TPSA) is 107 Å². The van der Waals surface area contributed by atoms with Crippen LogP contribution in [0.4, 0.5) is 0 Å². The Morgan fingerprint density at radius 2 is 1.65 bits per heavy atom. The molecule has 1 heterocycles. The van der Waals surface area contributed by atoms with Crippen molar-refractivity contribution in [3.63, 3.8) is 0 Å². The van der Waals surface area contributed by atoms with E-state index in [4.69, 9.17) is 14.2 Å². The van der Waals surface area contributed by atoms with Gasteiger partial charge in [0.05, 0.1) is 7.11 Å². The zero-order valence-electron chi connectivity index (χ0n) is 21.6. The van der Waals surface area contributed by atoms with E-state index >= 15 is 0 Å². The maximum Gasteiger partial charge on any atom is 0.328 e. The molecule has 196 valence electrons. The first kappa shape index (κ1) is 27.5. The van der Waals surface area contributed by atoms with Crippen molar-refractivity contribution in [3.05, 3.63) is 84.2 Å². The Kier molecular flexibility index (Phi) is 9.89. The Labute approximate surface area is 217 Å². The van der Waals surface area contributed by atoms with Gasteiger partial charge >= 0.3 is 5.97 Å². The number of ether oxygens (including phenoxy) is 3. The molecule has 1 aromatic heterocycles. The van der Waals surface area contributed by atoms with Crippen LogP contribution in [0.2, 0.25) is 0 Å². The second kappa shape index (κ2) is 13.3. The maximum atomic E-state index is 13.0. The predicted molar refractivity (Wildman–Crippen MR) is 140 cm³/mol. The molecule has 3 rings (SSSR count). The second-order valence-electron chi connectivity index (χ2n) is 8.78. The first-order valence-corrected chi connectivity index (χ1v) is 12.3. The summed E-state index contributed by atoms with van der Waals surface area (Å²) in [5.74, 6) is -1.01. The number of aromatic nitrogens is 1. The highest BCUT2D eigenvalue weighted by molar-refractivity contribution is 5.97. The number of rotatable bonds is 12. The standard InChI is InChI=1S/C29H34N2O6/c1-5-24(37-22-14-10-7-11-15-22)23(18-21-12-8-6-9-13-21)20(3)36-29(34)19(2)31-28(33)26-27(32)25(35-4)16-17-30-26/h6-17,19-20,23-24,32H,5,18H2,1-4H3,(H,31,33)/t19-,20-,23-,24+/m0/s1. The molecule has 0 spiro atoms. The van der Waals surface area contributed by atoms with Crippen molar-refractivity contribution in [2.45, 2.75) is 51.9 Å². The summed E-state index contributed by atoms with van der Waals surface area (Å²) in [6.45, 7) is 5.40. The van der Waals surface area contributed by atoms with Gasteiger partial charge in [-0.1, -0.05) is 55.5 Å². The zero-order chi connectivity index (χ0) is 26.8. The van der Waals surface area contributed by atoms with Crippen molar-refractivity contribution in [2.75, 3.05) is 7.11 Å². The Bertz CT molecular complexity index is 1160. The van der Waals surface area contributed by atoms with Gasteiger partial charge in [-0.25, -0.2) is 9.78 Å². The third-order valence-electron chi connectivity index (χ3n) is 6.15. The zero-order valence-corrected chi connectivity index (χ0v) is 21.6. The van der Waals surface area contributed by atoms with Gasteiger partial charge in [0.25, 0.3) is 5.91 Å². The summed E-state index contributed by atoms with van der Waals surface area (Å²) in [6.07, 6.45) is 1.96. The van der Waals surface area contributed by atoms with E-state index in [2.05, 4.69) is 10.3 Å². The fraction of sp³-hybridized carbons (Fsp3) is 0.345. The Balaban J connectivity index is 1.72. The summed E-state index contributed by atoms with van der Waals surface area (Å²) >= 11 is 0. The lowest BCUT2D eigenvalue weighted by Crippen LogP contribution is -2.44. The van der Waals surface area contributed by atoms with Crippen molar-refractivity contribution >= 4 is 11.9 Å². The van der Waals surface area contributed by atoms with Crippen LogP contribution in [0.15, 0.2) is 72.9 Å². The largest absolute Gasteiger partial charge is 0.503 e. The molecule has 0 saturated carbocycles. The molecule has 0 radical (unpaired) electrons. The van der Waals surface area contributed by atoms with E-state index in [9.17, 15) is 14.7 Å². The van der Waals surface area contributed by atoms with Crippen LogP contribution in [-0.4, -0.2) is 47.3 Å². The molecule has 0 fully saturated rings. The first-order valence-electron chi connectivity index (χ1n) is 12.3. The molecule has 4 atom stereocenters. The van der Waals surface area contributed by atoms with E-state index in [0.717, 1.165) is 11.3 Å². The van der Waals surface area contributed by atoms with E-state index < -0.39 is 29.8 Å². The van der Waals surface area contributed by atoms with Gasteiger partial charge in [-0.15, -0.1) is 0 Å². The molecule has 0 bridgehead atoms. The number of aromatic hydroxyl groups is 1. The van der Waals surface area contributed by atoms with Crippen LogP contribution in [0.5, 0.6) is 17.2 Å². The van der Waals surface area contributed by atoms with E-state index in [1.807, 2.05) is 74.5 Å². The van der Waals surface area contributed by atoms with Crippen LogP contribution in [0.1, 0.15) is 43.2 Å². The molecule has 0 unspecified atom stereocenters. The molecule has 2 N–H and O–H groups in total. The molecule has 2 aromatic carbocycles. The minimum Gasteiger partial charge on any atom is -0.503 e. The van der Waals surface area contributed by atoms with Crippen LogP contribution < -0.4 is 14.8 Å². The van der Waals surface area contributed by atoms with Gasteiger partial charge in [-0.3, -0.25) is 4.79 Å². The molecule has 0 aliphatic heterocycles. The highest BCUT2D eigenvalue weighted by Crippen LogP contribution is 2.28. The monoisotopic (exact) mass is 506 g/mol. The van der Waals surface area contributed by atoms with Gasteiger partial charge in [0.1, 0.15) is 24.0 Å². The van der Waals surface area contributed by atoms with Gasteiger partial charge in [0, 0.05) is 18.2 Å². The lowest BCUT2D eigenvalue weighted by molar-refractivity contribution is -0.154. The van der Waals surface area contributed by atoms with Crippen LogP contribution in [0.3, 0.4) is 0 Å². The molecule has 37 heavy (non-hydrogen) atoms. The molecule has 3 aromatic rings. The van der Waals surface area contributed by atoms with Crippen molar-refractivity contribution in [1.29, 1.82) is 0 Å². The van der Waals surface area contributed by atoms with Gasteiger partial charge in [0.2, 0.25) is 0 Å². The van der Waals surface area contributed by atoms with Gasteiger partial charge in [-0.05, 0) is 44.4 Å². The summed E-state index contributed by atoms with van der Waals surface area (Å²) in [6, 6.07) is 20.0. The predicted octanol–water partition coefficient (Wildman–Crippen LogP) is 4.56. The highest BCUT2D eigenvalue weighted by atomic mass is 16.5. The Morgan fingerprint density at radius 1 is 1.00 bits per heavy atom. The number of hydrogen-bond donors (Lipinski definition) is 2.